The Kier molecular flexibility index (Phi) is 7.77. The van der Waals surface area contributed by atoms with Gasteiger partial charge >= 0.3 is 0 Å². The van der Waals surface area contributed by atoms with Crippen LogP contribution >= 0.6 is 12.2 Å². The predicted molar refractivity (Wildman–Crippen MR) is 129 cm³/mol. The van der Waals surface area contributed by atoms with E-state index >= 15 is 0 Å². The van der Waals surface area contributed by atoms with E-state index in [-0.39, 0.29) is 16.5 Å². The van der Waals surface area contributed by atoms with Gasteiger partial charge in [-0.2, -0.15) is 0 Å². The summed E-state index contributed by atoms with van der Waals surface area (Å²) >= 11 is 5.16. The van der Waals surface area contributed by atoms with E-state index in [1.807, 2.05) is 42.5 Å². The number of hydrazine groups is 1. The quantitative estimate of drug-likeness (QED) is 0.271. The van der Waals surface area contributed by atoms with Gasteiger partial charge in [0.25, 0.3) is 11.6 Å². The monoisotopic (exact) mass is 466 g/mol. The summed E-state index contributed by atoms with van der Waals surface area (Å²) in [6, 6.07) is 21.4. The number of rotatable bonds is 7. The summed E-state index contributed by atoms with van der Waals surface area (Å²) in [6.07, 6.45) is -0.795. The zero-order chi connectivity index (χ0) is 23.8. The third-order valence-corrected chi connectivity index (χ3v) is 4.79. The van der Waals surface area contributed by atoms with Gasteiger partial charge in [-0.3, -0.25) is 25.8 Å². The molecule has 1 amide bonds. The van der Waals surface area contributed by atoms with Crippen molar-refractivity contribution in [3.8, 4) is 22.6 Å². The minimum atomic E-state index is -0.795. The van der Waals surface area contributed by atoms with E-state index in [1.54, 1.807) is 19.1 Å². The second-order valence-electron chi connectivity index (χ2n) is 6.86. The smallest absolute Gasteiger partial charge is 0.279 e. The maximum Gasteiger partial charge on any atom is 0.279 e. The summed E-state index contributed by atoms with van der Waals surface area (Å²) in [4.78, 5) is 22.7. The molecule has 0 fully saturated rings. The summed E-state index contributed by atoms with van der Waals surface area (Å²) in [7, 11) is 1.38. The number of hydrogen-bond acceptors (Lipinski definition) is 6. The number of nitrogens with one attached hydrogen (secondary N) is 3. The van der Waals surface area contributed by atoms with Gasteiger partial charge in [0, 0.05) is 6.07 Å². The SMILES string of the molecule is COc1cc([N+](=O)[O-])ccc1NC(=S)NNC(=O)C(C)Oc1ccc(-c2ccccc2)cc1. The first-order valence-corrected chi connectivity index (χ1v) is 10.3. The molecule has 0 saturated carbocycles. The predicted octanol–water partition coefficient (Wildman–Crippen LogP) is 4.06. The van der Waals surface area contributed by atoms with Gasteiger partial charge in [0.15, 0.2) is 11.2 Å². The molecule has 0 aliphatic rings. The van der Waals surface area contributed by atoms with E-state index in [1.165, 1.54) is 25.3 Å². The van der Waals surface area contributed by atoms with Crippen LogP contribution in [-0.2, 0) is 4.79 Å². The Morgan fingerprint density at radius 1 is 1.00 bits per heavy atom. The molecular formula is C23H22N4O5S. The third-order valence-electron chi connectivity index (χ3n) is 4.59. The van der Waals surface area contributed by atoms with Crippen molar-refractivity contribution in [1.29, 1.82) is 0 Å². The number of thiocarbonyl (C=S) groups is 1. The molecule has 3 N–H and O–H groups in total. The van der Waals surface area contributed by atoms with Gasteiger partial charge in [-0.1, -0.05) is 42.5 Å². The van der Waals surface area contributed by atoms with E-state index in [9.17, 15) is 14.9 Å². The number of nitro benzene ring substituents is 1. The highest BCUT2D eigenvalue weighted by Crippen LogP contribution is 2.29. The second kappa shape index (κ2) is 10.9. The fourth-order valence-corrected chi connectivity index (χ4v) is 3.05. The summed E-state index contributed by atoms with van der Waals surface area (Å²) in [6.45, 7) is 1.61. The fraction of sp³-hybridized carbons (Fsp3) is 0.130. The largest absolute Gasteiger partial charge is 0.494 e. The number of amides is 1. The number of ether oxygens (including phenoxy) is 2. The molecule has 0 aromatic heterocycles. The van der Waals surface area contributed by atoms with Crippen LogP contribution < -0.4 is 25.6 Å². The average molecular weight is 467 g/mol. The van der Waals surface area contributed by atoms with E-state index in [2.05, 4.69) is 16.2 Å². The van der Waals surface area contributed by atoms with Gasteiger partial charge in [-0.25, -0.2) is 0 Å². The van der Waals surface area contributed by atoms with Gasteiger partial charge in [0.05, 0.1) is 23.8 Å². The maximum absolute atomic E-state index is 12.3. The molecule has 0 spiro atoms. The summed E-state index contributed by atoms with van der Waals surface area (Å²) < 4.78 is 10.8. The number of anilines is 1. The number of carbonyl (C=O) groups is 1. The number of benzene rings is 3. The lowest BCUT2D eigenvalue weighted by Gasteiger charge is -2.17. The van der Waals surface area contributed by atoms with Crippen molar-refractivity contribution in [3.05, 3.63) is 82.9 Å². The van der Waals surface area contributed by atoms with Crippen LogP contribution in [-0.4, -0.2) is 29.2 Å². The topological polar surface area (TPSA) is 115 Å². The Balaban J connectivity index is 1.51. The fourth-order valence-electron chi connectivity index (χ4n) is 2.88. The van der Waals surface area contributed by atoms with E-state index < -0.39 is 16.9 Å². The zero-order valence-electron chi connectivity index (χ0n) is 17.9. The molecule has 170 valence electrons. The molecule has 0 heterocycles. The second-order valence-corrected chi connectivity index (χ2v) is 7.27. The van der Waals surface area contributed by atoms with Crippen LogP contribution in [0.1, 0.15) is 6.92 Å². The highest BCUT2D eigenvalue weighted by Gasteiger charge is 2.16. The summed E-state index contributed by atoms with van der Waals surface area (Å²) in [5.41, 5.74) is 7.44. The van der Waals surface area contributed by atoms with Crippen LogP contribution in [0, 0.1) is 10.1 Å². The normalized spacial score (nSPS) is 11.1. The molecule has 1 atom stereocenters. The molecule has 3 aromatic rings. The Bertz CT molecular complexity index is 1140. The summed E-state index contributed by atoms with van der Waals surface area (Å²) in [5.74, 6) is 0.339. The van der Waals surface area contributed by atoms with Crippen molar-refractivity contribution in [1.82, 2.24) is 10.9 Å². The van der Waals surface area contributed by atoms with Crippen molar-refractivity contribution in [2.75, 3.05) is 12.4 Å². The van der Waals surface area contributed by atoms with Crippen molar-refractivity contribution in [2.24, 2.45) is 0 Å². The number of hydrogen-bond donors (Lipinski definition) is 3. The van der Waals surface area contributed by atoms with Crippen molar-refractivity contribution >= 4 is 34.6 Å². The Labute approximate surface area is 195 Å². The number of nitro groups is 1. The molecular weight excluding hydrogens is 444 g/mol. The molecule has 9 nitrogen and oxygen atoms in total. The maximum atomic E-state index is 12.3. The van der Waals surface area contributed by atoms with Gasteiger partial charge < -0.3 is 14.8 Å². The van der Waals surface area contributed by atoms with Crippen LogP contribution in [0.2, 0.25) is 0 Å². The first-order valence-electron chi connectivity index (χ1n) is 9.89. The van der Waals surface area contributed by atoms with Crippen LogP contribution in [0.5, 0.6) is 11.5 Å². The van der Waals surface area contributed by atoms with Crippen LogP contribution in [0.3, 0.4) is 0 Å². The van der Waals surface area contributed by atoms with Gasteiger partial charge in [-0.05, 0) is 48.5 Å². The Morgan fingerprint density at radius 3 is 2.30 bits per heavy atom. The van der Waals surface area contributed by atoms with Gasteiger partial charge in [0.2, 0.25) is 0 Å². The Hall–Kier alpha value is -4.18. The van der Waals surface area contributed by atoms with Crippen LogP contribution in [0.15, 0.2) is 72.8 Å². The highest BCUT2D eigenvalue weighted by molar-refractivity contribution is 7.80. The molecule has 1 unspecified atom stereocenters. The number of methoxy groups -OCH3 is 1. The van der Waals surface area contributed by atoms with E-state index in [0.29, 0.717) is 11.4 Å². The lowest BCUT2D eigenvalue weighted by molar-refractivity contribution is -0.384. The molecule has 10 heteroatoms. The molecule has 0 bridgehead atoms. The van der Waals surface area contributed by atoms with Crippen molar-refractivity contribution < 1.29 is 19.2 Å². The van der Waals surface area contributed by atoms with Crippen molar-refractivity contribution in [2.45, 2.75) is 13.0 Å². The van der Waals surface area contributed by atoms with E-state index in [0.717, 1.165) is 11.1 Å². The zero-order valence-corrected chi connectivity index (χ0v) is 18.7. The minimum absolute atomic E-state index is 0.0647. The number of carbonyl (C=O) groups excluding carboxylic acids is 1. The average Bonchev–Trinajstić information content (AvgIpc) is 2.83. The minimum Gasteiger partial charge on any atom is -0.494 e. The summed E-state index contributed by atoms with van der Waals surface area (Å²) in [5, 5.41) is 13.8. The van der Waals surface area contributed by atoms with Gasteiger partial charge in [-0.15, -0.1) is 0 Å². The van der Waals surface area contributed by atoms with Crippen LogP contribution in [0.4, 0.5) is 11.4 Å². The highest BCUT2D eigenvalue weighted by atomic mass is 32.1. The molecule has 0 saturated heterocycles. The molecule has 3 aromatic carbocycles. The van der Waals surface area contributed by atoms with Crippen LogP contribution in [0.25, 0.3) is 11.1 Å². The molecule has 0 radical (unpaired) electrons. The standard InChI is InChI=1S/C23H22N4O5S/c1-15(32-19-11-8-17(9-12-19)16-6-4-3-5-7-16)22(28)25-26-23(33)24-20-13-10-18(27(29)30)14-21(20)31-2/h3-15H,1-2H3,(H,25,28)(H2,24,26,33). The lowest BCUT2D eigenvalue weighted by Crippen LogP contribution is -2.48. The van der Waals surface area contributed by atoms with E-state index in [4.69, 9.17) is 21.7 Å². The number of non-ortho nitro benzene ring substituents is 1. The van der Waals surface area contributed by atoms with Gasteiger partial charge in [0.1, 0.15) is 11.5 Å². The Morgan fingerprint density at radius 2 is 1.67 bits per heavy atom. The lowest BCUT2D eigenvalue weighted by atomic mass is 10.1. The molecule has 0 aliphatic carbocycles. The first-order chi connectivity index (χ1) is 15.9. The molecule has 33 heavy (non-hydrogen) atoms. The third kappa shape index (κ3) is 6.40. The van der Waals surface area contributed by atoms with Crippen molar-refractivity contribution in [3.63, 3.8) is 0 Å². The first kappa shape index (κ1) is 23.5. The molecule has 3 rings (SSSR count). The number of nitrogens with zero attached hydrogens (tertiary/aromatic N) is 1. The molecule has 0 aliphatic heterocycles.